The van der Waals surface area contributed by atoms with Crippen LogP contribution < -0.4 is 0 Å². The van der Waals surface area contributed by atoms with Gasteiger partial charge in [0.15, 0.2) is 0 Å². The van der Waals surface area contributed by atoms with E-state index in [9.17, 15) is 9.59 Å². The highest BCUT2D eigenvalue weighted by Crippen LogP contribution is 2.40. The van der Waals surface area contributed by atoms with Gasteiger partial charge in [0.05, 0.1) is 0 Å². The summed E-state index contributed by atoms with van der Waals surface area (Å²) in [6.45, 7) is 2.81. The summed E-state index contributed by atoms with van der Waals surface area (Å²) >= 11 is 0. The number of likely N-dealkylation sites (tertiary alicyclic amines) is 1. The first-order valence-electron chi connectivity index (χ1n) is 8.89. The van der Waals surface area contributed by atoms with Crippen molar-refractivity contribution < 1.29 is 9.59 Å². The number of rotatable bonds is 2. The maximum atomic E-state index is 12.9. The average Bonchev–Trinajstić information content (AvgIpc) is 3.19. The molecule has 132 valence electrons. The van der Waals surface area contributed by atoms with Gasteiger partial charge in [0, 0.05) is 45.5 Å². The van der Waals surface area contributed by atoms with Crippen LogP contribution in [0.1, 0.15) is 35.3 Å². The maximum Gasteiger partial charge on any atom is 0.274 e. The number of imidazole rings is 1. The second-order valence-electron chi connectivity index (χ2n) is 7.59. The Kier molecular flexibility index (Phi) is 3.78. The van der Waals surface area contributed by atoms with Crippen molar-refractivity contribution in [2.24, 2.45) is 11.8 Å². The number of nitrogens with zero attached hydrogens (tertiary/aromatic N) is 4. The highest BCUT2D eigenvalue weighted by atomic mass is 16.2. The molecular weight excluding hydrogens is 316 g/mol. The summed E-state index contributed by atoms with van der Waals surface area (Å²) in [7, 11) is 3.74. The van der Waals surface area contributed by atoms with Crippen molar-refractivity contribution in [3.05, 3.63) is 35.8 Å². The fourth-order valence-electron chi connectivity index (χ4n) is 4.41. The van der Waals surface area contributed by atoms with Gasteiger partial charge in [-0.25, -0.2) is 4.98 Å². The highest BCUT2D eigenvalue weighted by Gasteiger charge is 2.42. The smallest absolute Gasteiger partial charge is 0.274 e. The second kappa shape index (κ2) is 5.86. The minimum absolute atomic E-state index is 0.0357. The highest BCUT2D eigenvalue weighted by molar-refractivity contribution is 5.93. The number of carbonyl (C=O) groups is 2. The third-order valence-corrected chi connectivity index (χ3v) is 5.95. The van der Waals surface area contributed by atoms with Gasteiger partial charge in [0.1, 0.15) is 11.3 Å². The summed E-state index contributed by atoms with van der Waals surface area (Å²) < 4.78 is 1.90. The Balaban J connectivity index is 1.52. The van der Waals surface area contributed by atoms with Crippen LogP contribution in [0.5, 0.6) is 0 Å². The number of hydrogen-bond acceptors (Lipinski definition) is 3. The molecule has 2 fully saturated rings. The first kappa shape index (κ1) is 16.1. The van der Waals surface area contributed by atoms with Gasteiger partial charge in [-0.2, -0.15) is 0 Å². The molecule has 1 saturated carbocycles. The van der Waals surface area contributed by atoms with Crippen LogP contribution in [0.15, 0.2) is 24.5 Å². The Hall–Kier alpha value is -2.37. The summed E-state index contributed by atoms with van der Waals surface area (Å²) in [5.41, 5.74) is 2.36. The van der Waals surface area contributed by atoms with Gasteiger partial charge in [0.25, 0.3) is 5.91 Å². The average molecular weight is 340 g/mol. The lowest BCUT2D eigenvalue weighted by Gasteiger charge is -2.31. The standard InChI is InChI=1S/C19H24N4O2/c1-12-5-4-6-23-11-16(20-18(12)23)19(25)22(3)15-7-13-9-17(24)21(2)10-14(13)8-15/h4-6,11,13-15H,7-10H2,1-3H3/t13-,14+,15-/m0/s1. The number of amides is 2. The number of piperidine rings is 1. The van der Waals surface area contributed by atoms with Gasteiger partial charge in [0.2, 0.25) is 5.91 Å². The molecule has 2 aliphatic rings. The van der Waals surface area contributed by atoms with Crippen molar-refractivity contribution in [2.75, 3.05) is 20.6 Å². The molecule has 1 aliphatic heterocycles. The van der Waals surface area contributed by atoms with Crippen molar-refractivity contribution in [3.8, 4) is 0 Å². The molecule has 0 unspecified atom stereocenters. The molecule has 0 N–H and O–H groups in total. The van der Waals surface area contributed by atoms with Gasteiger partial charge < -0.3 is 14.2 Å². The number of aryl methyl sites for hydroxylation is 1. The molecule has 0 bridgehead atoms. The number of aromatic nitrogens is 2. The summed E-state index contributed by atoms with van der Waals surface area (Å²) in [6, 6.07) is 4.14. The number of pyridine rings is 1. The van der Waals surface area contributed by atoms with E-state index in [0.29, 0.717) is 24.0 Å². The molecule has 3 heterocycles. The third kappa shape index (κ3) is 2.69. The molecular formula is C19H24N4O2. The maximum absolute atomic E-state index is 12.9. The van der Waals surface area contributed by atoms with Crippen LogP contribution in [0.2, 0.25) is 0 Å². The van der Waals surface area contributed by atoms with Crippen molar-refractivity contribution >= 4 is 17.5 Å². The molecule has 2 aromatic heterocycles. The van der Waals surface area contributed by atoms with E-state index >= 15 is 0 Å². The summed E-state index contributed by atoms with van der Waals surface area (Å²) in [5, 5.41) is 0. The van der Waals surface area contributed by atoms with Crippen molar-refractivity contribution in [1.82, 2.24) is 19.2 Å². The lowest BCUT2D eigenvalue weighted by Crippen LogP contribution is -2.40. The summed E-state index contributed by atoms with van der Waals surface area (Å²) in [5.74, 6) is 1.11. The van der Waals surface area contributed by atoms with Crippen molar-refractivity contribution in [1.29, 1.82) is 0 Å². The van der Waals surface area contributed by atoms with E-state index in [1.54, 1.807) is 6.20 Å². The molecule has 0 spiro atoms. The topological polar surface area (TPSA) is 57.9 Å². The summed E-state index contributed by atoms with van der Waals surface area (Å²) in [4.78, 5) is 33.0. The normalized spacial score (nSPS) is 26.1. The molecule has 1 aliphatic carbocycles. The second-order valence-corrected chi connectivity index (χ2v) is 7.59. The minimum atomic E-state index is -0.0357. The zero-order valence-electron chi connectivity index (χ0n) is 15.0. The quantitative estimate of drug-likeness (QED) is 0.840. The fraction of sp³-hybridized carbons (Fsp3) is 0.526. The molecule has 2 aromatic rings. The van der Waals surface area contributed by atoms with Gasteiger partial charge >= 0.3 is 0 Å². The molecule has 4 rings (SSSR count). The number of carbonyl (C=O) groups excluding carboxylic acids is 2. The first-order chi connectivity index (χ1) is 11.9. The SMILES string of the molecule is Cc1cccn2cc(C(=O)N(C)[C@H]3C[C@H]4CC(=O)N(C)C[C@H]4C3)nc12. The van der Waals surface area contributed by atoms with E-state index < -0.39 is 0 Å². The Morgan fingerprint density at radius 2 is 2.08 bits per heavy atom. The van der Waals surface area contributed by atoms with Crippen LogP contribution in [0, 0.1) is 18.8 Å². The van der Waals surface area contributed by atoms with Crippen LogP contribution in [0.3, 0.4) is 0 Å². The van der Waals surface area contributed by atoms with Crippen LogP contribution in [-0.2, 0) is 4.79 Å². The molecule has 1 saturated heterocycles. The molecule has 6 heteroatoms. The molecule has 25 heavy (non-hydrogen) atoms. The summed E-state index contributed by atoms with van der Waals surface area (Å²) in [6.07, 6.45) is 6.22. The number of hydrogen-bond donors (Lipinski definition) is 0. The molecule has 6 nitrogen and oxygen atoms in total. The Bertz CT molecular complexity index is 843. The third-order valence-electron chi connectivity index (χ3n) is 5.95. The predicted molar refractivity (Wildman–Crippen MR) is 94.3 cm³/mol. The fourth-order valence-corrected chi connectivity index (χ4v) is 4.41. The van der Waals surface area contributed by atoms with Crippen molar-refractivity contribution in [2.45, 2.75) is 32.2 Å². The largest absolute Gasteiger partial charge is 0.345 e. The van der Waals surface area contributed by atoms with Crippen LogP contribution >= 0.6 is 0 Å². The first-order valence-corrected chi connectivity index (χ1v) is 8.89. The number of fused-ring (bicyclic) bond motifs is 2. The predicted octanol–water partition coefficient (Wildman–Crippen LogP) is 1.97. The van der Waals surface area contributed by atoms with Gasteiger partial charge in [-0.15, -0.1) is 0 Å². The lowest BCUT2D eigenvalue weighted by atomic mass is 9.88. The van der Waals surface area contributed by atoms with E-state index in [2.05, 4.69) is 4.98 Å². The Morgan fingerprint density at radius 1 is 1.32 bits per heavy atom. The molecule has 0 aromatic carbocycles. The van der Waals surface area contributed by atoms with Crippen LogP contribution in [-0.4, -0.2) is 57.7 Å². The lowest BCUT2D eigenvalue weighted by molar-refractivity contribution is -0.134. The zero-order valence-corrected chi connectivity index (χ0v) is 15.0. The van der Waals surface area contributed by atoms with E-state index in [0.717, 1.165) is 30.6 Å². The van der Waals surface area contributed by atoms with E-state index in [-0.39, 0.29) is 17.9 Å². The molecule has 0 radical (unpaired) electrons. The van der Waals surface area contributed by atoms with Gasteiger partial charge in [-0.05, 0) is 43.2 Å². The van der Waals surface area contributed by atoms with E-state index in [1.807, 2.05) is 53.5 Å². The van der Waals surface area contributed by atoms with Gasteiger partial charge in [-0.3, -0.25) is 9.59 Å². The van der Waals surface area contributed by atoms with Crippen LogP contribution in [0.25, 0.3) is 5.65 Å². The van der Waals surface area contributed by atoms with E-state index in [1.165, 1.54) is 0 Å². The Morgan fingerprint density at radius 3 is 2.84 bits per heavy atom. The van der Waals surface area contributed by atoms with Gasteiger partial charge in [-0.1, -0.05) is 6.07 Å². The molecule has 2 amide bonds. The Labute approximate surface area is 147 Å². The minimum Gasteiger partial charge on any atom is -0.345 e. The molecule has 3 atom stereocenters. The van der Waals surface area contributed by atoms with Crippen LogP contribution in [0.4, 0.5) is 0 Å². The monoisotopic (exact) mass is 340 g/mol. The zero-order chi connectivity index (χ0) is 17.7. The van der Waals surface area contributed by atoms with E-state index in [4.69, 9.17) is 0 Å². The van der Waals surface area contributed by atoms with Crippen molar-refractivity contribution in [3.63, 3.8) is 0 Å².